The van der Waals surface area contributed by atoms with Gasteiger partial charge >= 0.3 is 5.69 Å². The van der Waals surface area contributed by atoms with Crippen molar-refractivity contribution in [2.75, 3.05) is 7.11 Å². The highest BCUT2D eigenvalue weighted by molar-refractivity contribution is 5.97. The van der Waals surface area contributed by atoms with Gasteiger partial charge in [0.05, 0.1) is 24.9 Å². The third-order valence-corrected chi connectivity index (χ3v) is 4.42. The van der Waals surface area contributed by atoms with Crippen LogP contribution in [0, 0.1) is 5.82 Å². The summed E-state index contributed by atoms with van der Waals surface area (Å²) in [5.74, 6) is -0.284. The lowest BCUT2D eigenvalue weighted by Gasteiger charge is -2.19. The Morgan fingerprint density at radius 1 is 1.26 bits per heavy atom. The van der Waals surface area contributed by atoms with Gasteiger partial charge in [0.1, 0.15) is 23.8 Å². The fraction of sp³-hybridized carbons (Fsp3) is 0.476. The number of hydrogen-bond acceptors (Lipinski definition) is 7. The lowest BCUT2D eigenvalue weighted by molar-refractivity contribution is 0.0859. The van der Waals surface area contributed by atoms with Crippen LogP contribution >= 0.6 is 0 Å². The van der Waals surface area contributed by atoms with Crippen molar-refractivity contribution < 1.29 is 19.1 Å². The monoisotopic (exact) mass is 436 g/mol. The number of nitrogens with two attached hydrogens (primary N) is 1. The van der Waals surface area contributed by atoms with Crippen LogP contribution in [-0.4, -0.2) is 39.2 Å². The summed E-state index contributed by atoms with van der Waals surface area (Å²) >= 11 is 0. The second kappa shape index (κ2) is 10.4. The molecule has 1 aromatic heterocycles. The molecule has 0 aliphatic carbocycles. The van der Waals surface area contributed by atoms with Crippen molar-refractivity contribution in [3.05, 3.63) is 62.2 Å². The van der Waals surface area contributed by atoms with Crippen molar-refractivity contribution in [1.29, 1.82) is 0 Å². The fourth-order valence-electron chi connectivity index (χ4n) is 2.97. The maximum Gasteiger partial charge on any atom is 0.331 e. The molecular weight excluding hydrogens is 407 g/mol. The molecule has 2 aromatic rings. The number of halogens is 1. The maximum atomic E-state index is 13.7. The second-order valence-corrected chi connectivity index (χ2v) is 7.60. The molecule has 0 bridgehead atoms. The van der Waals surface area contributed by atoms with Gasteiger partial charge in [-0.05, 0) is 45.9 Å². The third kappa shape index (κ3) is 6.02. The number of ether oxygens (including phenoxy) is 1. The molecule has 10 heteroatoms. The summed E-state index contributed by atoms with van der Waals surface area (Å²) in [5, 5.41) is 14.7. The van der Waals surface area contributed by atoms with E-state index in [4.69, 9.17) is 15.3 Å². The first-order valence-corrected chi connectivity index (χ1v) is 9.87. The van der Waals surface area contributed by atoms with E-state index in [0.29, 0.717) is 0 Å². The zero-order valence-corrected chi connectivity index (χ0v) is 18.3. The first kappa shape index (κ1) is 24.3. The van der Waals surface area contributed by atoms with Crippen LogP contribution in [-0.2, 0) is 17.9 Å². The Morgan fingerprint density at radius 3 is 2.52 bits per heavy atom. The molecule has 9 nitrogen and oxygen atoms in total. The summed E-state index contributed by atoms with van der Waals surface area (Å²) in [6.45, 7) is 6.55. The van der Waals surface area contributed by atoms with Gasteiger partial charge in [-0.25, -0.2) is 9.18 Å². The van der Waals surface area contributed by atoms with Gasteiger partial charge in [0.25, 0.3) is 5.56 Å². The second-order valence-electron chi connectivity index (χ2n) is 7.60. The van der Waals surface area contributed by atoms with Crippen molar-refractivity contribution in [1.82, 2.24) is 9.13 Å². The molecule has 31 heavy (non-hydrogen) atoms. The molecule has 1 aromatic carbocycles. The summed E-state index contributed by atoms with van der Waals surface area (Å²) in [4.78, 5) is 31.0. The summed E-state index contributed by atoms with van der Waals surface area (Å²) in [6, 6.07) is 3.26. The molecule has 2 rings (SSSR count). The molecule has 1 heterocycles. The fourth-order valence-corrected chi connectivity index (χ4v) is 2.97. The van der Waals surface area contributed by atoms with Crippen LogP contribution < -0.4 is 21.7 Å². The van der Waals surface area contributed by atoms with Gasteiger partial charge in [-0.15, -0.1) is 0 Å². The average Bonchev–Trinajstić information content (AvgIpc) is 2.70. The van der Waals surface area contributed by atoms with Gasteiger partial charge in [-0.3, -0.25) is 13.9 Å². The molecule has 1 unspecified atom stereocenters. The van der Waals surface area contributed by atoms with Gasteiger partial charge in [0.15, 0.2) is 0 Å². The minimum absolute atomic E-state index is 0.0246. The quantitative estimate of drug-likeness (QED) is 0.453. The number of aliphatic hydroxyl groups excluding tert-OH is 1. The molecule has 0 saturated heterocycles. The topological polar surface area (TPSA) is 121 Å². The molecule has 2 atom stereocenters. The SMILES string of the molecule is COc1ccc(F)cc1C(O)Cn1cc(/C(C)=N/OC(C)C)c(=O)n(C[C@H](C)N)c1=O. The first-order chi connectivity index (χ1) is 14.5. The van der Waals surface area contributed by atoms with Crippen LogP contribution in [0.3, 0.4) is 0 Å². The lowest BCUT2D eigenvalue weighted by atomic mass is 10.1. The van der Waals surface area contributed by atoms with Gasteiger partial charge in [-0.2, -0.15) is 0 Å². The normalized spacial score (nSPS) is 13.9. The predicted octanol–water partition coefficient (Wildman–Crippen LogP) is 1.39. The van der Waals surface area contributed by atoms with Crippen LogP contribution in [0.2, 0.25) is 0 Å². The van der Waals surface area contributed by atoms with Crippen molar-refractivity contribution in [2.24, 2.45) is 10.9 Å². The van der Waals surface area contributed by atoms with E-state index < -0.39 is 29.2 Å². The molecule has 0 radical (unpaired) electrons. The Balaban J connectivity index is 2.57. The minimum Gasteiger partial charge on any atom is -0.496 e. The average molecular weight is 436 g/mol. The van der Waals surface area contributed by atoms with Crippen LogP contribution in [0.5, 0.6) is 5.75 Å². The van der Waals surface area contributed by atoms with E-state index in [0.717, 1.165) is 10.6 Å². The summed E-state index contributed by atoms with van der Waals surface area (Å²) < 4.78 is 21.1. The van der Waals surface area contributed by atoms with Gasteiger partial charge in [0.2, 0.25) is 0 Å². The van der Waals surface area contributed by atoms with Crippen LogP contribution in [0.25, 0.3) is 0 Å². The zero-order chi connectivity index (χ0) is 23.3. The molecular formula is C21H29FN4O5. The Hall–Kier alpha value is -2.98. The Labute approximate surface area is 179 Å². The number of rotatable bonds is 9. The number of oxime groups is 1. The van der Waals surface area contributed by atoms with Gasteiger partial charge in [0, 0.05) is 24.3 Å². The van der Waals surface area contributed by atoms with E-state index >= 15 is 0 Å². The Bertz CT molecular complexity index is 1060. The number of benzene rings is 1. The molecule has 0 saturated carbocycles. The van der Waals surface area contributed by atoms with Crippen molar-refractivity contribution in [2.45, 2.75) is 59.0 Å². The van der Waals surface area contributed by atoms with E-state index in [1.807, 2.05) is 0 Å². The summed E-state index contributed by atoms with van der Waals surface area (Å²) in [5.41, 5.74) is 5.16. The van der Waals surface area contributed by atoms with Crippen LogP contribution in [0.1, 0.15) is 44.9 Å². The van der Waals surface area contributed by atoms with E-state index in [1.54, 1.807) is 27.7 Å². The molecule has 3 N–H and O–H groups in total. The van der Waals surface area contributed by atoms with Gasteiger partial charge in [-0.1, -0.05) is 5.16 Å². The van der Waals surface area contributed by atoms with Crippen molar-refractivity contribution in [3.63, 3.8) is 0 Å². The molecule has 0 amide bonds. The van der Waals surface area contributed by atoms with Crippen molar-refractivity contribution >= 4 is 5.71 Å². The van der Waals surface area contributed by atoms with Crippen LogP contribution in [0.4, 0.5) is 4.39 Å². The molecule has 0 aliphatic heterocycles. The smallest absolute Gasteiger partial charge is 0.331 e. The first-order valence-electron chi connectivity index (χ1n) is 9.87. The van der Waals surface area contributed by atoms with Gasteiger partial charge < -0.3 is 20.4 Å². The molecule has 0 spiro atoms. The van der Waals surface area contributed by atoms with E-state index in [2.05, 4.69) is 5.16 Å². The van der Waals surface area contributed by atoms with E-state index in [1.165, 1.54) is 30.0 Å². The number of hydrogen-bond donors (Lipinski definition) is 2. The number of aromatic nitrogens is 2. The zero-order valence-electron chi connectivity index (χ0n) is 18.3. The number of methoxy groups -OCH3 is 1. The largest absolute Gasteiger partial charge is 0.496 e. The summed E-state index contributed by atoms with van der Waals surface area (Å²) in [6.07, 6.45) is -0.170. The highest BCUT2D eigenvalue weighted by Crippen LogP contribution is 2.26. The van der Waals surface area contributed by atoms with E-state index in [-0.39, 0.29) is 41.8 Å². The number of aliphatic hydroxyl groups is 1. The Morgan fingerprint density at radius 2 is 1.94 bits per heavy atom. The minimum atomic E-state index is -1.28. The standard InChI is InChI=1S/C21H29FN4O5/c1-12(2)31-24-14(4)17-10-25(21(29)26(20(17)28)9-13(3)23)11-18(27)16-8-15(22)6-7-19(16)30-5/h6-8,10,12-13,18,27H,9,11,23H2,1-5H3/b24-14+/t13-,18?/m0/s1. The van der Waals surface area contributed by atoms with Crippen LogP contribution in [0.15, 0.2) is 39.1 Å². The lowest BCUT2D eigenvalue weighted by Crippen LogP contribution is -2.45. The highest BCUT2D eigenvalue weighted by Gasteiger charge is 2.20. The van der Waals surface area contributed by atoms with E-state index in [9.17, 15) is 19.1 Å². The third-order valence-electron chi connectivity index (χ3n) is 4.42. The highest BCUT2D eigenvalue weighted by atomic mass is 19.1. The molecule has 0 aliphatic rings. The molecule has 170 valence electrons. The molecule has 0 fully saturated rings. The summed E-state index contributed by atoms with van der Waals surface area (Å²) in [7, 11) is 1.39. The predicted molar refractivity (Wildman–Crippen MR) is 115 cm³/mol. The Kier molecular flexibility index (Phi) is 8.12. The van der Waals surface area contributed by atoms with Crippen molar-refractivity contribution in [3.8, 4) is 5.75 Å². The maximum absolute atomic E-state index is 13.7. The number of nitrogens with zero attached hydrogens (tertiary/aromatic N) is 3.